The summed E-state index contributed by atoms with van der Waals surface area (Å²) in [7, 11) is -3.61. The van der Waals surface area contributed by atoms with E-state index in [0.29, 0.717) is 18.0 Å². The second-order valence-electron chi connectivity index (χ2n) is 8.46. The van der Waals surface area contributed by atoms with Gasteiger partial charge in [0.2, 0.25) is 10.0 Å². The van der Waals surface area contributed by atoms with Crippen LogP contribution in [-0.4, -0.2) is 42.6 Å². The van der Waals surface area contributed by atoms with E-state index in [0.717, 1.165) is 41.1 Å². The van der Waals surface area contributed by atoms with Crippen molar-refractivity contribution in [1.82, 2.24) is 8.87 Å². The van der Waals surface area contributed by atoms with E-state index in [1.807, 2.05) is 56.3 Å². The van der Waals surface area contributed by atoms with Gasteiger partial charge < -0.3 is 9.30 Å². The Morgan fingerprint density at radius 1 is 1.06 bits per heavy atom. The summed E-state index contributed by atoms with van der Waals surface area (Å²) in [5.74, 6) is 0. The van der Waals surface area contributed by atoms with Gasteiger partial charge in [0.25, 0.3) is 0 Å². The van der Waals surface area contributed by atoms with Gasteiger partial charge in [-0.05, 0) is 44.5 Å². The van der Waals surface area contributed by atoms with E-state index in [1.165, 1.54) is 0 Å². The number of nitrogens with zero attached hydrogens (tertiary/aromatic N) is 3. The SMILES string of the molecule is CCCCn1c(-c2cccc(S(=O)(=O)N3C[C@@H](C)O[C@@H](C)C3)c2)csc1=Nc1ccccc1. The molecule has 0 unspecified atom stereocenters. The Balaban J connectivity index is 1.73. The number of morpholine rings is 1. The highest BCUT2D eigenvalue weighted by molar-refractivity contribution is 7.89. The lowest BCUT2D eigenvalue weighted by atomic mass is 10.1. The van der Waals surface area contributed by atoms with Gasteiger partial charge in [-0.15, -0.1) is 11.3 Å². The summed E-state index contributed by atoms with van der Waals surface area (Å²) < 4.78 is 36.3. The summed E-state index contributed by atoms with van der Waals surface area (Å²) in [5.41, 5.74) is 2.78. The van der Waals surface area contributed by atoms with Crippen LogP contribution >= 0.6 is 11.3 Å². The smallest absolute Gasteiger partial charge is 0.243 e. The number of thiazole rings is 1. The minimum atomic E-state index is -3.61. The predicted octanol–water partition coefficient (Wildman–Crippen LogP) is 5.05. The minimum absolute atomic E-state index is 0.123. The topological polar surface area (TPSA) is 63.9 Å². The van der Waals surface area contributed by atoms with Crippen LogP contribution < -0.4 is 4.80 Å². The first-order valence-corrected chi connectivity index (χ1v) is 13.7. The molecule has 2 atom stereocenters. The molecule has 3 aromatic rings. The molecule has 33 heavy (non-hydrogen) atoms. The summed E-state index contributed by atoms with van der Waals surface area (Å²) >= 11 is 1.58. The second kappa shape index (κ2) is 10.3. The van der Waals surface area contributed by atoms with Gasteiger partial charge in [0, 0.05) is 30.6 Å². The molecule has 1 fully saturated rings. The third-order valence-corrected chi connectivity index (χ3v) is 8.36. The molecule has 2 heterocycles. The Morgan fingerprint density at radius 3 is 2.48 bits per heavy atom. The Kier molecular flexibility index (Phi) is 7.48. The van der Waals surface area contributed by atoms with Crippen LogP contribution in [0.5, 0.6) is 0 Å². The average molecular weight is 486 g/mol. The van der Waals surface area contributed by atoms with Gasteiger partial charge in [-0.1, -0.05) is 43.7 Å². The van der Waals surface area contributed by atoms with Gasteiger partial charge in [0.1, 0.15) is 0 Å². The number of rotatable bonds is 7. The van der Waals surface area contributed by atoms with Crippen LogP contribution in [0.4, 0.5) is 5.69 Å². The van der Waals surface area contributed by atoms with Crippen molar-refractivity contribution in [2.45, 2.75) is 57.3 Å². The molecule has 0 bridgehead atoms. The molecule has 1 aromatic heterocycles. The zero-order chi connectivity index (χ0) is 23.4. The first-order valence-electron chi connectivity index (χ1n) is 11.4. The van der Waals surface area contributed by atoms with E-state index >= 15 is 0 Å². The van der Waals surface area contributed by atoms with Gasteiger partial charge in [-0.2, -0.15) is 4.31 Å². The van der Waals surface area contributed by atoms with E-state index in [-0.39, 0.29) is 12.2 Å². The first kappa shape index (κ1) is 23.9. The van der Waals surface area contributed by atoms with Crippen molar-refractivity contribution < 1.29 is 13.2 Å². The van der Waals surface area contributed by atoms with Crippen LogP contribution in [0.15, 0.2) is 69.9 Å². The number of sulfonamides is 1. The second-order valence-corrected chi connectivity index (χ2v) is 11.2. The number of unbranched alkanes of at least 4 members (excludes halogenated alkanes) is 1. The Hall–Kier alpha value is -2.26. The molecular weight excluding hydrogens is 454 g/mol. The maximum atomic E-state index is 13.4. The molecule has 6 nitrogen and oxygen atoms in total. The molecule has 0 N–H and O–H groups in total. The number of ether oxygens (including phenoxy) is 1. The van der Waals surface area contributed by atoms with Crippen LogP contribution in [0.25, 0.3) is 11.3 Å². The van der Waals surface area contributed by atoms with Crippen LogP contribution in [0, 0.1) is 0 Å². The van der Waals surface area contributed by atoms with Gasteiger partial charge in [-0.25, -0.2) is 13.4 Å². The van der Waals surface area contributed by atoms with Crippen molar-refractivity contribution in [3.63, 3.8) is 0 Å². The number of aromatic nitrogens is 1. The fraction of sp³-hybridized carbons (Fsp3) is 0.400. The van der Waals surface area contributed by atoms with Crippen molar-refractivity contribution in [3.05, 3.63) is 64.8 Å². The Labute approximate surface area is 200 Å². The van der Waals surface area contributed by atoms with E-state index in [9.17, 15) is 8.42 Å². The van der Waals surface area contributed by atoms with Crippen LogP contribution in [0.1, 0.15) is 33.6 Å². The molecule has 0 spiro atoms. The number of para-hydroxylation sites is 1. The molecule has 0 amide bonds. The maximum Gasteiger partial charge on any atom is 0.243 e. The molecule has 4 rings (SSSR count). The molecule has 1 aliphatic rings. The van der Waals surface area contributed by atoms with Gasteiger partial charge in [0.05, 0.1) is 28.5 Å². The number of hydrogen-bond acceptors (Lipinski definition) is 5. The Morgan fingerprint density at radius 2 is 1.79 bits per heavy atom. The van der Waals surface area contributed by atoms with Crippen molar-refractivity contribution in [2.24, 2.45) is 4.99 Å². The van der Waals surface area contributed by atoms with Gasteiger partial charge in [0.15, 0.2) is 4.80 Å². The highest BCUT2D eigenvalue weighted by atomic mass is 32.2. The first-order chi connectivity index (χ1) is 15.9. The number of hydrogen-bond donors (Lipinski definition) is 0. The predicted molar refractivity (Wildman–Crippen MR) is 133 cm³/mol. The molecular formula is C25H31N3O3S2. The van der Waals surface area contributed by atoms with Crippen LogP contribution in [0.2, 0.25) is 0 Å². The van der Waals surface area contributed by atoms with E-state index < -0.39 is 10.0 Å². The normalized spacial score (nSPS) is 20.3. The molecule has 2 aromatic carbocycles. The maximum absolute atomic E-state index is 13.4. The van der Waals surface area contributed by atoms with E-state index in [1.54, 1.807) is 27.8 Å². The van der Waals surface area contributed by atoms with Gasteiger partial charge >= 0.3 is 0 Å². The molecule has 176 valence electrons. The molecule has 1 saturated heterocycles. The van der Waals surface area contributed by atoms with Crippen molar-refractivity contribution in [1.29, 1.82) is 0 Å². The summed E-state index contributed by atoms with van der Waals surface area (Å²) in [4.78, 5) is 6.07. The van der Waals surface area contributed by atoms with Crippen molar-refractivity contribution in [3.8, 4) is 11.3 Å². The molecule has 8 heteroatoms. The Bertz CT molecular complexity index is 1240. The largest absolute Gasteiger partial charge is 0.373 e. The van der Waals surface area contributed by atoms with E-state index in [2.05, 4.69) is 16.9 Å². The average Bonchev–Trinajstić information content (AvgIpc) is 3.20. The lowest BCUT2D eigenvalue weighted by Gasteiger charge is -2.34. The van der Waals surface area contributed by atoms with Gasteiger partial charge in [-0.3, -0.25) is 0 Å². The third kappa shape index (κ3) is 5.46. The van der Waals surface area contributed by atoms with Crippen molar-refractivity contribution >= 4 is 27.0 Å². The molecule has 0 radical (unpaired) electrons. The summed E-state index contributed by atoms with van der Waals surface area (Å²) in [6, 6.07) is 17.2. The minimum Gasteiger partial charge on any atom is -0.373 e. The van der Waals surface area contributed by atoms with E-state index in [4.69, 9.17) is 9.73 Å². The molecule has 0 aliphatic carbocycles. The third-order valence-electron chi connectivity index (χ3n) is 5.67. The summed E-state index contributed by atoms with van der Waals surface area (Å²) in [6.07, 6.45) is 1.84. The van der Waals surface area contributed by atoms with Crippen LogP contribution in [-0.2, 0) is 21.3 Å². The quantitative estimate of drug-likeness (QED) is 0.471. The molecule has 1 aliphatic heterocycles. The lowest BCUT2D eigenvalue weighted by Crippen LogP contribution is -2.48. The monoisotopic (exact) mass is 485 g/mol. The zero-order valence-electron chi connectivity index (χ0n) is 19.3. The number of benzene rings is 2. The van der Waals surface area contributed by atoms with Crippen LogP contribution in [0.3, 0.4) is 0 Å². The summed E-state index contributed by atoms with van der Waals surface area (Å²) in [5, 5.41) is 2.07. The standard InChI is InChI=1S/C25H31N3O3S2/c1-4-5-14-28-24(18-32-25(28)26-22-11-7-6-8-12-22)21-10-9-13-23(15-21)33(29,30)27-16-19(2)31-20(3)17-27/h6-13,15,18-20H,4-5,14,16-17H2,1-3H3/t19-,20+. The fourth-order valence-electron chi connectivity index (χ4n) is 4.09. The lowest BCUT2D eigenvalue weighted by molar-refractivity contribution is -0.0440. The van der Waals surface area contributed by atoms with Crippen molar-refractivity contribution in [2.75, 3.05) is 13.1 Å². The fourth-order valence-corrected chi connectivity index (χ4v) is 6.68. The summed E-state index contributed by atoms with van der Waals surface area (Å²) in [6.45, 7) is 7.55. The zero-order valence-corrected chi connectivity index (χ0v) is 21.0. The molecule has 0 saturated carbocycles. The highest BCUT2D eigenvalue weighted by Crippen LogP contribution is 2.27. The highest BCUT2D eigenvalue weighted by Gasteiger charge is 2.32.